The van der Waals surface area contributed by atoms with Crippen LogP contribution in [0.4, 0.5) is 0 Å². The van der Waals surface area contributed by atoms with Gasteiger partial charge >= 0.3 is 5.97 Å². The van der Waals surface area contributed by atoms with Crippen LogP contribution >= 0.6 is 11.6 Å². The van der Waals surface area contributed by atoms with E-state index >= 15 is 0 Å². The van der Waals surface area contributed by atoms with Gasteiger partial charge in [0.05, 0.1) is 23.6 Å². The lowest BCUT2D eigenvalue weighted by Gasteiger charge is -2.15. The molecule has 2 N–H and O–H groups in total. The lowest BCUT2D eigenvalue weighted by Crippen LogP contribution is -2.23. The van der Waals surface area contributed by atoms with Gasteiger partial charge in [0.15, 0.2) is 0 Å². The van der Waals surface area contributed by atoms with Gasteiger partial charge in [-0.2, -0.15) is 4.68 Å². The fourth-order valence-electron chi connectivity index (χ4n) is 4.85. The summed E-state index contributed by atoms with van der Waals surface area (Å²) in [5.74, 6) is -0.313. The summed E-state index contributed by atoms with van der Waals surface area (Å²) >= 11 is 6.30. The molecule has 0 unspecified atom stereocenters. The molecule has 2 aromatic carbocycles. The summed E-state index contributed by atoms with van der Waals surface area (Å²) in [7, 11) is 0. The number of aliphatic carboxylic acids is 1. The van der Waals surface area contributed by atoms with E-state index in [2.05, 4.69) is 25.5 Å². The van der Waals surface area contributed by atoms with E-state index in [1.165, 1.54) is 17.1 Å². The number of carboxylic acids is 1. The second kappa shape index (κ2) is 9.56. The number of tetrazole rings is 1. The van der Waals surface area contributed by atoms with Gasteiger partial charge in [-0.05, 0) is 70.8 Å². The third-order valence-electron chi connectivity index (χ3n) is 6.53. The Balaban J connectivity index is 1.34. The van der Waals surface area contributed by atoms with Gasteiger partial charge in [-0.15, -0.1) is 5.10 Å². The van der Waals surface area contributed by atoms with Crippen LogP contribution in [0.15, 0.2) is 78.0 Å². The summed E-state index contributed by atoms with van der Waals surface area (Å²) in [5, 5.41) is 20.9. The van der Waals surface area contributed by atoms with Crippen molar-refractivity contribution in [3.05, 3.63) is 106 Å². The number of carboxylic acid groups (broad SMARTS) is 1. The van der Waals surface area contributed by atoms with E-state index in [1.54, 1.807) is 29.0 Å². The zero-order valence-electron chi connectivity index (χ0n) is 19.8. The molecular weight excluding hydrogens is 506 g/mol. The first-order chi connectivity index (χ1) is 18.5. The maximum atomic E-state index is 13.4. The number of aromatic nitrogens is 7. The average molecular weight is 526 g/mol. The van der Waals surface area contributed by atoms with Crippen LogP contribution in [0.25, 0.3) is 34.1 Å². The SMILES string of the molecule is O=C(O)/C=C/c1cccc(-c2cnc([C@@H]3CCc4cc(-c5cc(Cl)ccc5-n5cnnn5)cc(=O)n43)[nH]2)c1. The number of hydrogen-bond donors (Lipinski definition) is 2. The van der Waals surface area contributed by atoms with Crippen molar-refractivity contribution in [2.24, 2.45) is 0 Å². The molecular formula is C27H20ClN7O3. The van der Waals surface area contributed by atoms with Crippen LogP contribution < -0.4 is 5.56 Å². The van der Waals surface area contributed by atoms with Gasteiger partial charge in [0.2, 0.25) is 0 Å². The Bertz CT molecular complexity index is 1750. The van der Waals surface area contributed by atoms with Crippen LogP contribution in [0.3, 0.4) is 0 Å². The molecule has 3 aromatic heterocycles. The molecule has 0 spiro atoms. The molecule has 1 aliphatic rings. The number of carbonyl (C=O) groups is 1. The molecule has 0 amide bonds. The highest BCUT2D eigenvalue weighted by Crippen LogP contribution is 2.34. The molecule has 0 radical (unpaired) electrons. The molecule has 0 saturated heterocycles. The van der Waals surface area contributed by atoms with E-state index in [0.717, 1.165) is 51.8 Å². The summed E-state index contributed by atoms with van der Waals surface area (Å²) in [5.41, 5.74) is 5.39. The van der Waals surface area contributed by atoms with Crippen LogP contribution in [0.1, 0.15) is 29.5 Å². The zero-order chi connectivity index (χ0) is 26.2. The average Bonchev–Trinajstić information content (AvgIpc) is 3.68. The number of fused-ring (bicyclic) bond motifs is 1. The normalized spacial score (nSPS) is 14.7. The highest BCUT2D eigenvalue weighted by atomic mass is 35.5. The minimum Gasteiger partial charge on any atom is -0.478 e. The van der Waals surface area contributed by atoms with Gasteiger partial charge in [0.25, 0.3) is 5.56 Å². The number of H-pyrrole nitrogens is 1. The topological polar surface area (TPSA) is 132 Å². The van der Waals surface area contributed by atoms with Crippen molar-refractivity contribution in [2.75, 3.05) is 0 Å². The summed E-state index contributed by atoms with van der Waals surface area (Å²) in [4.78, 5) is 32.2. The Labute approximate surface area is 220 Å². The number of benzene rings is 2. The Kier molecular flexibility index (Phi) is 5.93. The number of nitrogens with one attached hydrogen (secondary N) is 1. The Morgan fingerprint density at radius 2 is 2.03 bits per heavy atom. The lowest BCUT2D eigenvalue weighted by atomic mass is 10.0. The molecule has 38 heavy (non-hydrogen) atoms. The van der Waals surface area contributed by atoms with Gasteiger partial charge in [-0.1, -0.05) is 29.8 Å². The first kappa shape index (κ1) is 23.6. The van der Waals surface area contributed by atoms with Crippen LogP contribution in [-0.2, 0) is 11.2 Å². The number of nitrogens with zero attached hydrogens (tertiary/aromatic N) is 6. The van der Waals surface area contributed by atoms with Crippen molar-refractivity contribution in [3.8, 4) is 28.1 Å². The quantitative estimate of drug-likeness (QED) is 0.318. The Hall–Kier alpha value is -4.83. The molecule has 0 saturated carbocycles. The van der Waals surface area contributed by atoms with Crippen molar-refractivity contribution in [1.29, 1.82) is 0 Å². The minimum atomic E-state index is -1.00. The molecule has 5 aromatic rings. The summed E-state index contributed by atoms with van der Waals surface area (Å²) in [6.07, 6.45) is 7.30. The van der Waals surface area contributed by atoms with E-state index in [4.69, 9.17) is 16.7 Å². The van der Waals surface area contributed by atoms with Gasteiger partial charge in [0, 0.05) is 34.0 Å². The predicted molar refractivity (Wildman–Crippen MR) is 141 cm³/mol. The van der Waals surface area contributed by atoms with Crippen LogP contribution in [0.5, 0.6) is 0 Å². The molecule has 11 heteroatoms. The lowest BCUT2D eigenvalue weighted by molar-refractivity contribution is -0.131. The molecule has 1 atom stereocenters. The summed E-state index contributed by atoms with van der Waals surface area (Å²) < 4.78 is 3.32. The van der Waals surface area contributed by atoms with Gasteiger partial charge in [-0.25, -0.2) is 9.78 Å². The van der Waals surface area contributed by atoms with E-state index in [1.807, 2.05) is 36.4 Å². The maximum Gasteiger partial charge on any atom is 0.328 e. The molecule has 188 valence electrons. The van der Waals surface area contributed by atoms with E-state index in [9.17, 15) is 9.59 Å². The fraction of sp³-hybridized carbons (Fsp3) is 0.111. The van der Waals surface area contributed by atoms with Crippen LogP contribution in [0, 0.1) is 0 Å². The number of hydrogen-bond acceptors (Lipinski definition) is 6. The molecule has 0 bridgehead atoms. The molecule has 6 rings (SSSR count). The fourth-order valence-corrected chi connectivity index (χ4v) is 5.02. The van der Waals surface area contributed by atoms with Crippen LogP contribution in [-0.4, -0.2) is 45.8 Å². The smallest absolute Gasteiger partial charge is 0.328 e. The number of halogens is 1. The maximum absolute atomic E-state index is 13.4. The van der Waals surface area contributed by atoms with Crippen molar-refractivity contribution >= 4 is 23.6 Å². The highest BCUT2D eigenvalue weighted by molar-refractivity contribution is 6.31. The van der Waals surface area contributed by atoms with Gasteiger partial charge < -0.3 is 14.7 Å². The first-order valence-electron chi connectivity index (χ1n) is 11.8. The second-order valence-corrected chi connectivity index (χ2v) is 9.33. The highest BCUT2D eigenvalue weighted by Gasteiger charge is 2.28. The third-order valence-corrected chi connectivity index (χ3v) is 6.76. The number of imidazole rings is 1. The number of pyridine rings is 1. The van der Waals surface area contributed by atoms with Gasteiger partial charge in [0.1, 0.15) is 12.2 Å². The molecule has 0 fully saturated rings. The predicted octanol–water partition coefficient (Wildman–Crippen LogP) is 4.17. The Morgan fingerprint density at radius 1 is 1.13 bits per heavy atom. The number of rotatable bonds is 6. The molecule has 10 nitrogen and oxygen atoms in total. The Morgan fingerprint density at radius 3 is 2.84 bits per heavy atom. The van der Waals surface area contributed by atoms with Crippen molar-refractivity contribution in [3.63, 3.8) is 0 Å². The van der Waals surface area contributed by atoms with Crippen molar-refractivity contribution in [2.45, 2.75) is 18.9 Å². The van der Waals surface area contributed by atoms with Crippen LogP contribution in [0.2, 0.25) is 5.02 Å². The van der Waals surface area contributed by atoms with Gasteiger partial charge in [-0.3, -0.25) is 4.79 Å². The van der Waals surface area contributed by atoms with Crippen molar-refractivity contribution in [1.82, 2.24) is 34.7 Å². The largest absolute Gasteiger partial charge is 0.478 e. The van der Waals surface area contributed by atoms with E-state index in [-0.39, 0.29) is 11.6 Å². The second-order valence-electron chi connectivity index (χ2n) is 8.89. The minimum absolute atomic E-state index is 0.138. The summed E-state index contributed by atoms with van der Waals surface area (Å²) in [6, 6.07) is 16.2. The zero-order valence-corrected chi connectivity index (χ0v) is 20.6. The van der Waals surface area contributed by atoms with Crippen molar-refractivity contribution < 1.29 is 9.90 Å². The number of aromatic amines is 1. The molecule has 4 heterocycles. The third kappa shape index (κ3) is 4.41. The first-order valence-corrected chi connectivity index (χ1v) is 12.2. The summed E-state index contributed by atoms with van der Waals surface area (Å²) in [6.45, 7) is 0. The molecule has 1 aliphatic heterocycles. The van der Waals surface area contributed by atoms with E-state index < -0.39 is 5.97 Å². The molecule has 0 aliphatic carbocycles. The number of aryl methyl sites for hydroxylation is 1. The standard InChI is InChI=1S/C27H20ClN7O3/c28-19-5-7-23(34-15-30-32-33-34)21(13-19)18-11-20-6-8-24(35(20)25(36)12-18)27-29-14-22(31-27)17-3-1-2-16(10-17)4-9-26(37)38/h1-5,7,9-15,24H,6,8H2,(H,29,31)(H,37,38)/b9-4+/t24-/m0/s1. The van der Waals surface area contributed by atoms with E-state index in [0.29, 0.717) is 17.3 Å². The monoisotopic (exact) mass is 525 g/mol.